The maximum absolute atomic E-state index is 6.21. The molecule has 0 saturated heterocycles. The van der Waals surface area contributed by atoms with Gasteiger partial charge in [0.1, 0.15) is 5.75 Å². The fourth-order valence-electron chi connectivity index (χ4n) is 2.49. The molecule has 1 atom stereocenters. The minimum atomic E-state index is 0.141. The van der Waals surface area contributed by atoms with Crippen LogP contribution in [0.1, 0.15) is 37.3 Å². The monoisotopic (exact) mass is 265 g/mol. The highest BCUT2D eigenvalue weighted by Crippen LogP contribution is 2.29. The van der Waals surface area contributed by atoms with E-state index in [0.717, 1.165) is 17.4 Å². The van der Waals surface area contributed by atoms with Gasteiger partial charge in [0, 0.05) is 11.8 Å². The van der Waals surface area contributed by atoms with Crippen LogP contribution in [0.5, 0.6) is 5.75 Å². The van der Waals surface area contributed by atoms with Crippen LogP contribution in [-0.2, 0) is 0 Å². The molecule has 1 aromatic rings. The average Bonchev–Trinajstić information content (AvgIpc) is 2.92. The number of nitrogens with two attached hydrogens (primary N) is 1. The van der Waals surface area contributed by atoms with Gasteiger partial charge in [0.25, 0.3) is 0 Å². The van der Waals surface area contributed by atoms with Crippen LogP contribution in [0.4, 0.5) is 0 Å². The Morgan fingerprint density at radius 3 is 2.56 bits per heavy atom. The normalized spacial score (nSPS) is 17.9. The predicted molar refractivity (Wildman–Crippen MR) is 79.2 cm³/mol. The van der Waals surface area contributed by atoms with E-state index < -0.39 is 0 Å². The molecule has 1 saturated carbocycles. The molecule has 0 bridgehead atoms. The SMILES string of the molecule is COc1ccc(C(N)CSCC2CCCC2)cc1. The molecule has 2 N–H and O–H groups in total. The lowest BCUT2D eigenvalue weighted by molar-refractivity contribution is 0.414. The van der Waals surface area contributed by atoms with E-state index in [2.05, 4.69) is 12.1 Å². The molecule has 1 fully saturated rings. The maximum Gasteiger partial charge on any atom is 0.118 e. The summed E-state index contributed by atoms with van der Waals surface area (Å²) in [7, 11) is 1.69. The first-order valence-electron chi connectivity index (χ1n) is 6.77. The van der Waals surface area contributed by atoms with Crippen LogP contribution in [0.3, 0.4) is 0 Å². The Hall–Kier alpha value is -0.670. The van der Waals surface area contributed by atoms with Gasteiger partial charge in [-0.05, 0) is 42.2 Å². The summed E-state index contributed by atoms with van der Waals surface area (Å²) >= 11 is 2.01. The molecule has 0 spiro atoms. The smallest absolute Gasteiger partial charge is 0.118 e. The highest BCUT2D eigenvalue weighted by molar-refractivity contribution is 7.99. The van der Waals surface area contributed by atoms with Gasteiger partial charge < -0.3 is 10.5 Å². The predicted octanol–water partition coefficient (Wildman–Crippen LogP) is 3.62. The van der Waals surface area contributed by atoms with Gasteiger partial charge in [-0.15, -0.1) is 0 Å². The summed E-state index contributed by atoms with van der Waals surface area (Å²) in [5.74, 6) is 4.13. The van der Waals surface area contributed by atoms with Gasteiger partial charge in [-0.25, -0.2) is 0 Å². The van der Waals surface area contributed by atoms with E-state index in [1.54, 1.807) is 7.11 Å². The first kappa shape index (κ1) is 13.8. The number of rotatable bonds is 6. The summed E-state index contributed by atoms with van der Waals surface area (Å²) < 4.78 is 5.15. The summed E-state index contributed by atoms with van der Waals surface area (Å²) in [5.41, 5.74) is 7.41. The number of hydrogen-bond donors (Lipinski definition) is 1. The Morgan fingerprint density at radius 1 is 1.28 bits per heavy atom. The summed E-state index contributed by atoms with van der Waals surface area (Å²) in [6.07, 6.45) is 5.70. The van der Waals surface area contributed by atoms with E-state index in [4.69, 9.17) is 10.5 Å². The van der Waals surface area contributed by atoms with Crippen LogP contribution >= 0.6 is 11.8 Å². The summed E-state index contributed by atoms with van der Waals surface area (Å²) in [6, 6.07) is 8.25. The minimum absolute atomic E-state index is 0.141. The van der Waals surface area contributed by atoms with E-state index in [1.807, 2.05) is 23.9 Å². The Labute approximate surface area is 114 Å². The molecule has 1 aromatic carbocycles. The topological polar surface area (TPSA) is 35.2 Å². The molecule has 1 aliphatic carbocycles. The average molecular weight is 265 g/mol. The molecule has 0 heterocycles. The second-order valence-electron chi connectivity index (χ2n) is 5.07. The summed E-state index contributed by atoms with van der Waals surface area (Å²) in [6.45, 7) is 0. The van der Waals surface area contributed by atoms with Crippen molar-refractivity contribution < 1.29 is 4.74 Å². The van der Waals surface area contributed by atoms with E-state index >= 15 is 0 Å². The van der Waals surface area contributed by atoms with Crippen LogP contribution in [0.2, 0.25) is 0 Å². The fraction of sp³-hybridized carbons (Fsp3) is 0.600. The van der Waals surface area contributed by atoms with E-state index in [0.29, 0.717) is 0 Å². The van der Waals surface area contributed by atoms with Gasteiger partial charge in [-0.3, -0.25) is 0 Å². The molecule has 1 aliphatic rings. The van der Waals surface area contributed by atoms with E-state index in [1.165, 1.54) is 37.0 Å². The van der Waals surface area contributed by atoms with Crippen molar-refractivity contribution in [2.75, 3.05) is 18.6 Å². The zero-order valence-corrected chi connectivity index (χ0v) is 11.9. The largest absolute Gasteiger partial charge is 0.497 e. The van der Waals surface area contributed by atoms with Crippen molar-refractivity contribution in [2.45, 2.75) is 31.7 Å². The molecule has 1 unspecified atom stereocenters. The number of methoxy groups -OCH3 is 1. The molecule has 0 amide bonds. The zero-order valence-electron chi connectivity index (χ0n) is 11.1. The summed E-state index contributed by atoms with van der Waals surface area (Å²) in [5, 5.41) is 0. The molecule has 0 radical (unpaired) electrons. The van der Waals surface area contributed by atoms with Crippen molar-refractivity contribution in [1.29, 1.82) is 0 Å². The number of hydrogen-bond acceptors (Lipinski definition) is 3. The molecular weight excluding hydrogens is 242 g/mol. The van der Waals surface area contributed by atoms with Gasteiger partial charge in [-0.2, -0.15) is 11.8 Å². The lowest BCUT2D eigenvalue weighted by Gasteiger charge is -2.14. The van der Waals surface area contributed by atoms with Crippen molar-refractivity contribution in [2.24, 2.45) is 11.7 Å². The highest BCUT2D eigenvalue weighted by Gasteiger charge is 2.15. The van der Waals surface area contributed by atoms with Crippen molar-refractivity contribution in [3.05, 3.63) is 29.8 Å². The molecule has 2 rings (SSSR count). The zero-order chi connectivity index (χ0) is 12.8. The third kappa shape index (κ3) is 3.92. The molecule has 3 heteroatoms. The summed E-state index contributed by atoms with van der Waals surface area (Å²) in [4.78, 5) is 0. The lowest BCUT2D eigenvalue weighted by atomic mass is 10.1. The number of benzene rings is 1. The fourth-order valence-corrected chi connectivity index (χ4v) is 3.74. The van der Waals surface area contributed by atoms with Gasteiger partial charge in [0.15, 0.2) is 0 Å². The second-order valence-corrected chi connectivity index (χ2v) is 6.14. The Morgan fingerprint density at radius 2 is 1.94 bits per heavy atom. The molecule has 100 valence electrons. The van der Waals surface area contributed by atoms with Crippen LogP contribution in [-0.4, -0.2) is 18.6 Å². The second kappa shape index (κ2) is 7.05. The van der Waals surface area contributed by atoms with E-state index in [-0.39, 0.29) is 6.04 Å². The third-order valence-electron chi connectivity index (χ3n) is 3.67. The third-order valence-corrected chi connectivity index (χ3v) is 4.97. The van der Waals surface area contributed by atoms with Crippen LogP contribution < -0.4 is 10.5 Å². The Balaban J connectivity index is 1.74. The van der Waals surface area contributed by atoms with Gasteiger partial charge in [0.05, 0.1) is 7.11 Å². The maximum atomic E-state index is 6.21. The quantitative estimate of drug-likeness (QED) is 0.853. The molecular formula is C15H23NOS. The van der Waals surface area contributed by atoms with Crippen LogP contribution in [0, 0.1) is 5.92 Å². The lowest BCUT2D eigenvalue weighted by Crippen LogP contribution is -2.14. The first-order valence-corrected chi connectivity index (χ1v) is 7.92. The van der Waals surface area contributed by atoms with Crippen LogP contribution in [0.25, 0.3) is 0 Å². The Bertz CT molecular complexity index is 346. The number of ether oxygens (including phenoxy) is 1. The van der Waals surface area contributed by atoms with Crippen molar-refractivity contribution in [3.63, 3.8) is 0 Å². The van der Waals surface area contributed by atoms with E-state index in [9.17, 15) is 0 Å². The first-order chi connectivity index (χ1) is 8.79. The standard InChI is InChI=1S/C15H23NOS/c1-17-14-8-6-13(7-9-14)15(16)11-18-10-12-4-2-3-5-12/h6-9,12,15H,2-5,10-11,16H2,1H3. The molecule has 18 heavy (non-hydrogen) atoms. The van der Waals surface area contributed by atoms with Crippen molar-refractivity contribution in [1.82, 2.24) is 0 Å². The molecule has 0 aromatic heterocycles. The van der Waals surface area contributed by atoms with Crippen LogP contribution in [0.15, 0.2) is 24.3 Å². The van der Waals surface area contributed by atoms with Gasteiger partial charge >= 0.3 is 0 Å². The van der Waals surface area contributed by atoms with Crippen molar-refractivity contribution >= 4 is 11.8 Å². The molecule has 2 nitrogen and oxygen atoms in total. The molecule has 0 aliphatic heterocycles. The van der Waals surface area contributed by atoms with Gasteiger partial charge in [-0.1, -0.05) is 25.0 Å². The highest BCUT2D eigenvalue weighted by atomic mass is 32.2. The van der Waals surface area contributed by atoms with Crippen molar-refractivity contribution in [3.8, 4) is 5.75 Å². The Kier molecular flexibility index (Phi) is 5.39. The number of thioether (sulfide) groups is 1. The van der Waals surface area contributed by atoms with Gasteiger partial charge in [0.2, 0.25) is 0 Å². The minimum Gasteiger partial charge on any atom is -0.497 e.